The van der Waals surface area contributed by atoms with Crippen LogP contribution in [-0.2, 0) is 6.42 Å². The van der Waals surface area contributed by atoms with Crippen molar-refractivity contribution in [3.05, 3.63) is 5.82 Å². The minimum Gasteiger partial charge on any atom is -0.357 e. The second-order valence-electron chi connectivity index (χ2n) is 7.63. The van der Waals surface area contributed by atoms with E-state index >= 15 is 0 Å². The predicted octanol–water partition coefficient (Wildman–Crippen LogP) is 3.00. The van der Waals surface area contributed by atoms with E-state index in [2.05, 4.69) is 38.3 Å². The molecule has 1 aromatic heterocycles. The van der Waals surface area contributed by atoms with E-state index in [9.17, 15) is 0 Å². The molecule has 1 aromatic rings. The fraction of sp³-hybridized carbons (Fsp3) is 0.833. The molecule has 4 rings (SSSR count). The van der Waals surface area contributed by atoms with E-state index in [1.54, 1.807) is 0 Å². The van der Waals surface area contributed by atoms with Gasteiger partial charge >= 0.3 is 0 Å². The SMILES string of the molecule is CCNC(=NCC1(C2CC2)CC1)N1CCN(c2nc(CC)ns2)CC1.I. The Hall–Kier alpha value is -0.640. The molecule has 0 atom stereocenters. The molecule has 146 valence electrons. The first-order valence-electron chi connectivity index (χ1n) is 9.85. The standard InChI is InChI=1S/C18H30N6S.HI/c1-3-15-21-17(25-22-15)24-11-9-23(10-12-24)16(19-4-2)20-13-18(7-8-18)14-5-6-14;/h14H,3-13H2,1-2H3,(H,19,20);1H. The Morgan fingerprint density at radius 1 is 1.23 bits per heavy atom. The van der Waals surface area contributed by atoms with Crippen molar-refractivity contribution in [1.82, 2.24) is 19.6 Å². The fourth-order valence-corrected chi connectivity index (χ4v) is 4.64. The molecule has 6 nitrogen and oxygen atoms in total. The number of piperazine rings is 1. The first kappa shape index (κ1) is 20.1. The Morgan fingerprint density at radius 3 is 2.50 bits per heavy atom. The van der Waals surface area contributed by atoms with Crippen LogP contribution in [-0.4, -0.2) is 59.5 Å². The summed E-state index contributed by atoms with van der Waals surface area (Å²) in [5.41, 5.74) is 0.575. The van der Waals surface area contributed by atoms with E-state index in [0.29, 0.717) is 5.41 Å². The maximum atomic E-state index is 5.04. The minimum absolute atomic E-state index is 0. The van der Waals surface area contributed by atoms with Gasteiger partial charge in [-0.15, -0.1) is 24.0 Å². The molecule has 1 N–H and O–H groups in total. The van der Waals surface area contributed by atoms with Crippen LogP contribution in [0, 0.1) is 11.3 Å². The number of hydrogen-bond donors (Lipinski definition) is 1. The lowest BCUT2D eigenvalue weighted by atomic mass is 10.0. The van der Waals surface area contributed by atoms with E-state index in [0.717, 1.165) is 68.5 Å². The van der Waals surface area contributed by atoms with Gasteiger partial charge in [-0.05, 0) is 43.9 Å². The minimum atomic E-state index is 0. The highest BCUT2D eigenvalue weighted by atomic mass is 127. The Balaban J connectivity index is 0.00000196. The fourth-order valence-electron chi connectivity index (χ4n) is 3.84. The van der Waals surface area contributed by atoms with Gasteiger partial charge in [0.15, 0.2) is 5.96 Å². The monoisotopic (exact) mass is 490 g/mol. The lowest BCUT2D eigenvalue weighted by molar-refractivity contribution is 0.368. The van der Waals surface area contributed by atoms with Crippen LogP contribution in [0.2, 0.25) is 0 Å². The first-order valence-corrected chi connectivity index (χ1v) is 10.6. The van der Waals surface area contributed by atoms with Gasteiger partial charge < -0.3 is 15.1 Å². The van der Waals surface area contributed by atoms with E-state index in [4.69, 9.17) is 4.99 Å². The summed E-state index contributed by atoms with van der Waals surface area (Å²) in [6, 6.07) is 0. The van der Waals surface area contributed by atoms with Crippen LogP contribution in [0.15, 0.2) is 4.99 Å². The van der Waals surface area contributed by atoms with Gasteiger partial charge in [0.25, 0.3) is 0 Å². The molecule has 1 saturated heterocycles. The second-order valence-corrected chi connectivity index (χ2v) is 8.36. The molecule has 0 bridgehead atoms. The Labute approximate surface area is 178 Å². The molecule has 0 aromatic carbocycles. The Morgan fingerprint density at radius 2 is 1.96 bits per heavy atom. The van der Waals surface area contributed by atoms with E-state index in [-0.39, 0.29) is 24.0 Å². The summed E-state index contributed by atoms with van der Waals surface area (Å²) in [7, 11) is 0. The van der Waals surface area contributed by atoms with Crippen molar-refractivity contribution in [2.75, 3.05) is 44.2 Å². The van der Waals surface area contributed by atoms with Crippen molar-refractivity contribution in [3.8, 4) is 0 Å². The van der Waals surface area contributed by atoms with Crippen molar-refractivity contribution in [3.63, 3.8) is 0 Å². The van der Waals surface area contributed by atoms with Gasteiger partial charge in [-0.3, -0.25) is 4.99 Å². The normalized spacial score (nSPS) is 22.2. The van der Waals surface area contributed by atoms with Crippen molar-refractivity contribution in [2.45, 2.75) is 46.0 Å². The smallest absolute Gasteiger partial charge is 0.205 e. The van der Waals surface area contributed by atoms with Crippen LogP contribution in [0.1, 0.15) is 45.4 Å². The summed E-state index contributed by atoms with van der Waals surface area (Å²) in [5, 5.41) is 4.59. The second kappa shape index (κ2) is 8.58. The van der Waals surface area contributed by atoms with Gasteiger partial charge in [0, 0.05) is 57.2 Å². The van der Waals surface area contributed by atoms with Gasteiger partial charge in [0.2, 0.25) is 5.13 Å². The zero-order valence-corrected chi connectivity index (χ0v) is 19.1. The number of hydrogen-bond acceptors (Lipinski definition) is 5. The molecule has 0 amide bonds. The van der Waals surface area contributed by atoms with Gasteiger partial charge in [-0.25, -0.2) is 4.98 Å². The van der Waals surface area contributed by atoms with Crippen molar-refractivity contribution >= 4 is 46.6 Å². The molecular weight excluding hydrogens is 459 g/mol. The van der Waals surface area contributed by atoms with Gasteiger partial charge in [-0.1, -0.05) is 6.92 Å². The van der Waals surface area contributed by atoms with Gasteiger partial charge in [-0.2, -0.15) is 4.37 Å². The number of nitrogens with one attached hydrogen (secondary N) is 1. The molecular formula is C18H31IN6S. The number of anilines is 1. The Kier molecular flexibility index (Phi) is 6.63. The van der Waals surface area contributed by atoms with Gasteiger partial charge in [0.05, 0.1) is 0 Å². The molecule has 3 aliphatic rings. The van der Waals surface area contributed by atoms with Crippen LogP contribution < -0.4 is 10.2 Å². The molecule has 2 heterocycles. The summed E-state index contributed by atoms with van der Waals surface area (Å²) in [6.45, 7) is 10.2. The molecule has 2 aliphatic carbocycles. The summed E-state index contributed by atoms with van der Waals surface area (Å²) in [5.74, 6) is 3.05. The summed E-state index contributed by atoms with van der Waals surface area (Å²) in [4.78, 5) is 14.5. The molecule has 0 radical (unpaired) electrons. The van der Waals surface area contributed by atoms with Crippen molar-refractivity contribution in [2.24, 2.45) is 16.3 Å². The summed E-state index contributed by atoms with van der Waals surface area (Å²) >= 11 is 1.53. The number of guanidine groups is 1. The average Bonchev–Trinajstić information content (AvgIpc) is 3.56. The number of rotatable bonds is 6. The zero-order valence-electron chi connectivity index (χ0n) is 15.9. The number of aryl methyl sites for hydroxylation is 1. The highest BCUT2D eigenvalue weighted by Gasteiger charge is 2.53. The molecule has 3 fully saturated rings. The molecule has 2 saturated carbocycles. The number of nitrogens with zero attached hydrogens (tertiary/aromatic N) is 5. The molecule has 0 unspecified atom stereocenters. The first-order chi connectivity index (χ1) is 12.2. The van der Waals surface area contributed by atoms with E-state index in [1.165, 1.54) is 37.2 Å². The van der Waals surface area contributed by atoms with Crippen LogP contribution >= 0.6 is 35.5 Å². The third kappa shape index (κ3) is 4.43. The quantitative estimate of drug-likeness (QED) is 0.378. The summed E-state index contributed by atoms with van der Waals surface area (Å²) < 4.78 is 4.42. The topological polar surface area (TPSA) is 56.7 Å². The Bertz CT molecular complexity index is 617. The van der Waals surface area contributed by atoms with Crippen LogP contribution in [0.4, 0.5) is 5.13 Å². The average molecular weight is 490 g/mol. The zero-order chi connectivity index (χ0) is 17.3. The predicted molar refractivity (Wildman–Crippen MR) is 119 cm³/mol. The van der Waals surface area contributed by atoms with Crippen LogP contribution in [0.5, 0.6) is 0 Å². The highest BCUT2D eigenvalue weighted by molar-refractivity contribution is 14.0. The van der Waals surface area contributed by atoms with Crippen molar-refractivity contribution in [1.29, 1.82) is 0 Å². The highest BCUT2D eigenvalue weighted by Crippen LogP contribution is 2.61. The molecule has 0 spiro atoms. The van der Waals surface area contributed by atoms with E-state index in [1.807, 2.05) is 0 Å². The van der Waals surface area contributed by atoms with E-state index < -0.39 is 0 Å². The molecule has 26 heavy (non-hydrogen) atoms. The third-order valence-corrected chi connectivity index (χ3v) is 6.65. The largest absolute Gasteiger partial charge is 0.357 e. The lowest BCUT2D eigenvalue weighted by Gasteiger charge is -2.36. The summed E-state index contributed by atoms with van der Waals surface area (Å²) in [6.07, 6.45) is 6.57. The number of aliphatic imine (C=N–C) groups is 1. The molecule has 1 aliphatic heterocycles. The number of aromatic nitrogens is 2. The number of halogens is 1. The van der Waals surface area contributed by atoms with Crippen LogP contribution in [0.25, 0.3) is 0 Å². The maximum absolute atomic E-state index is 5.04. The van der Waals surface area contributed by atoms with Crippen LogP contribution in [0.3, 0.4) is 0 Å². The molecule has 8 heteroatoms. The lowest BCUT2D eigenvalue weighted by Crippen LogP contribution is -2.52. The van der Waals surface area contributed by atoms with Crippen molar-refractivity contribution < 1.29 is 0 Å². The third-order valence-electron chi connectivity index (χ3n) is 5.84. The van der Waals surface area contributed by atoms with Gasteiger partial charge in [0.1, 0.15) is 5.82 Å². The maximum Gasteiger partial charge on any atom is 0.205 e.